The van der Waals surface area contributed by atoms with E-state index in [0.29, 0.717) is 11.3 Å². The molecule has 0 fully saturated rings. The summed E-state index contributed by atoms with van der Waals surface area (Å²) in [7, 11) is 1.26. The highest BCUT2D eigenvalue weighted by atomic mass is 16.6. The first-order valence-electron chi connectivity index (χ1n) is 4.93. The van der Waals surface area contributed by atoms with Crippen LogP contribution < -0.4 is 5.73 Å². The lowest BCUT2D eigenvalue weighted by Crippen LogP contribution is -2.31. The van der Waals surface area contributed by atoms with Crippen LogP contribution in [0, 0.1) is 10.1 Å². The zero-order valence-corrected chi connectivity index (χ0v) is 9.89. The summed E-state index contributed by atoms with van der Waals surface area (Å²) in [6.07, 6.45) is 0. The number of rotatable bonds is 3. The minimum atomic E-state index is -1.02. The van der Waals surface area contributed by atoms with Crippen LogP contribution in [0.3, 0.4) is 0 Å². The summed E-state index contributed by atoms with van der Waals surface area (Å²) >= 11 is 0. The molecule has 0 spiro atoms. The van der Waals surface area contributed by atoms with Crippen molar-refractivity contribution in [1.82, 2.24) is 0 Å². The molecule has 6 heteroatoms. The molecule has 0 bridgehead atoms. The quantitative estimate of drug-likeness (QED) is 0.373. The van der Waals surface area contributed by atoms with E-state index in [9.17, 15) is 14.9 Å². The first kappa shape index (κ1) is 13.0. The van der Waals surface area contributed by atoms with Gasteiger partial charge in [0.1, 0.15) is 0 Å². The number of methoxy groups -OCH3 is 1. The number of nitro benzene ring substituents is 1. The average molecular weight is 238 g/mol. The van der Waals surface area contributed by atoms with Crippen LogP contribution >= 0.6 is 0 Å². The van der Waals surface area contributed by atoms with Crippen molar-refractivity contribution in [2.45, 2.75) is 19.3 Å². The number of nitrogens with two attached hydrogens (primary N) is 1. The Labute approximate surface area is 98.5 Å². The second kappa shape index (κ2) is 4.40. The molecule has 0 amide bonds. The smallest absolute Gasteiger partial charge is 0.315 e. The van der Waals surface area contributed by atoms with Gasteiger partial charge in [-0.05, 0) is 25.5 Å². The fourth-order valence-electron chi connectivity index (χ4n) is 1.56. The summed E-state index contributed by atoms with van der Waals surface area (Å²) in [4.78, 5) is 21.8. The van der Waals surface area contributed by atoms with E-state index in [1.165, 1.54) is 25.3 Å². The number of carbonyl (C=O) groups is 1. The van der Waals surface area contributed by atoms with Crippen molar-refractivity contribution in [2.24, 2.45) is 0 Å². The minimum absolute atomic E-state index is 0.105. The van der Waals surface area contributed by atoms with E-state index in [1.54, 1.807) is 13.8 Å². The van der Waals surface area contributed by atoms with Gasteiger partial charge >= 0.3 is 5.97 Å². The van der Waals surface area contributed by atoms with Crippen molar-refractivity contribution in [3.05, 3.63) is 33.9 Å². The molecule has 0 saturated heterocycles. The number of nitrogen functional groups attached to an aromatic ring is 1. The SMILES string of the molecule is COC(=O)C(C)(C)c1cc([N+](=O)[O-])ccc1N. The third kappa shape index (κ3) is 2.35. The van der Waals surface area contributed by atoms with Gasteiger partial charge in [0.05, 0.1) is 17.4 Å². The summed E-state index contributed by atoms with van der Waals surface area (Å²) in [6.45, 7) is 3.21. The highest BCUT2D eigenvalue weighted by molar-refractivity contribution is 5.84. The van der Waals surface area contributed by atoms with Crippen molar-refractivity contribution in [3.63, 3.8) is 0 Å². The number of carbonyl (C=O) groups excluding carboxylic acids is 1. The van der Waals surface area contributed by atoms with Crippen molar-refractivity contribution >= 4 is 17.3 Å². The number of nitro groups is 1. The molecular formula is C11H14N2O4. The van der Waals surface area contributed by atoms with Crippen LogP contribution in [0.4, 0.5) is 11.4 Å². The van der Waals surface area contributed by atoms with Gasteiger partial charge in [0, 0.05) is 17.8 Å². The molecule has 92 valence electrons. The number of hydrogen-bond donors (Lipinski definition) is 1. The van der Waals surface area contributed by atoms with Crippen LogP contribution in [0.25, 0.3) is 0 Å². The fraction of sp³-hybridized carbons (Fsp3) is 0.364. The van der Waals surface area contributed by atoms with E-state index in [1.807, 2.05) is 0 Å². The van der Waals surface area contributed by atoms with Crippen molar-refractivity contribution < 1.29 is 14.5 Å². The van der Waals surface area contributed by atoms with Gasteiger partial charge in [0.25, 0.3) is 5.69 Å². The Morgan fingerprint density at radius 2 is 2.06 bits per heavy atom. The van der Waals surface area contributed by atoms with Crippen LogP contribution in [0.1, 0.15) is 19.4 Å². The Bertz CT molecular complexity index is 469. The van der Waals surface area contributed by atoms with Gasteiger partial charge in [-0.3, -0.25) is 14.9 Å². The maximum Gasteiger partial charge on any atom is 0.315 e. The van der Waals surface area contributed by atoms with Crippen molar-refractivity contribution in [2.75, 3.05) is 12.8 Å². The highest BCUT2D eigenvalue weighted by Gasteiger charge is 2.33. The number of non-ortho nitro benzene ring substituents is 1. The van der Waals surface area contributed by atoms with Gasteiger partial charge in [0.15, 0.2) is 0 Å². The molecule has 0 unspecified atom stereocenters. The normalized spacial score (nSPS) is 11.0. The van der Waals surface area contributed by atoms with E-state index in [4.69, 9.17) is 5.73 Å². The zero-order valence-electron chi connectivity index (χ0n) is 9.89. The lowest BCUT2D eigenvalue weighted by atomic mass is 9.83. The molecule has 1 aromatic carbocycles. The molecule has 0 aliphatic heterocycles. The van der Waals surface area contributed by atoms with Gasteiger partial charge in [0.2, 0.25) is 0 Å². The van der Waals surface area contributed by atoms with E-state index >= 15 is 0 Å². The van der Waals surface area contributed by atoms with Crippen LogP contribution in [0.2, 0.25) is 0 Å². The Hall–Kier alpha value is -2.11. The molecule has 6 nitrogen and oxygen atoms in total. The maximum absolute atomic E-state index is 11.6. The fourth-order valence-corrected chi connectivity index (χ4v) is 1.56. The van der Waals surface area contributed by atoms with Gasteiger partial charge in [-0.2, -0.15) is 0 Å². The van der Waals surface area contributed by atoms with Gasteiger partial charge in [-0.15, -0.1) is 0 Å². The average Bonchev–Trinajstić information content (AvgIpc) is 2.27. The van der Waals surface area contributed by atoms with Crippen LogP contribution in [0.15, 0.2) is 18.2 Å². The van der Waals surface area contributed by atoms with E-state index < -0.39 is 16.3 Å². The molecular weight excluding hydrogens is 224 g/mol. The number of esters is 1. The van der Waals surface area contributed by atoms with Crippen LogP contribution in [0.5, 0.6) is 0 Å². The van der Waals surface area contributed by atoms with Crippen molar-refractivity contribution in [1.29, 1.82) is 0 Å². The second-order valence-corrected chi connectivity index (χ2v) is 4.15. The molecule has 0 aliphatic rings. The molecule has 17 heavy (non-hydrogen) atoms. The van der Waals surface area contributed by atoms with Gasteiger partial charge in [-0.1, -0.05) is 0 Å². The molecule has 2 N–H and O–H groups in total. The summed E-state index contributed by atoms with van der Waals surface area (Å²) in [5.74, 6) is -0.496. The summed E-state index contributed by atoms with van der Waals surface area (Å²) in [6, 6.07) is 4.01. The van der Waals surface area contributed by atoms with Crippen LogP contribution in [-0.2, 0) is 14.9 Å². The Balaban J connectivity index is 3.34. The first-order chi connectivity index (χ1) is 7.80. The maximum atomic E-state index is 11.6. The Morgan fingerprint density at radius 1 is 1.47 bits per heavy atom. The zero-order chi connectivity index (χ0) is 13.2. The third-order valence-electron chi connectivity index (χ3n) is 2.62. The topological polar surface area (TPSA) is 95.5 Å². The van der Waals surface area contributed by atoms with E-state index in [0.717, 1.165) is 0 Å². The third-order valence-corrected chi connectivity index (χ3v) is 2.62. The summed E-state index contributed by atoms with van der Waals surface area (Å²) in [5.41, 5.74) is 5.32. The number of benzene rings is 1. The van der Waals surface area contributed by atoms with Crippen LogP contribution in [-0.4, -0.2) is 18.0 Å². The number of hydrogen-bond acceptors (Lipinski definition) is 5. The monoisotopic (exact) mass is 238 g/mol. The lowest BCUT2D eigenvalue weighted by molar-refractivity contribution is -0.384. The van der Waals surface area contributed by atoms with E-state index in [2.05, 4.69) is 4.74 Å². The molecule has 1 rings (SSSR count). The predicted molar refractivity (Wildman–Crippen MR) is 62.6 cm³/mol. The summed E-state index contributed by atoms with van der Waals surface area (Å²) < 4.78 is 4.66. The van der Waals surface area contributed by atoms with Gasteiger partial charge in [-0.25, -0.2) is 0 Å². The largest absolute Gasteiger partial charge is 0.468 e. The highest BCUT2D eigenvalue weighted by Crippen LogP contribution is 2.32. The molecule has 0 aromatic heterocycles. The Morgan fingerprint density at radius 3 is 2.53 bits per heavy atom. The molecule has 0 radical (unpaired) electrons. The molecule has 0 aliphatic carbocycles. The van der Waals surface area contributed by atoms with E-state index in [-0.39, 0.29) is 5.69 Å². The Kier molecular flexibility index (Phi) is 3.36. The van der Waals surface area contributed by atoms with Crippen molar-refractivity contribution in [3.8, 4) is 0 Å². The number of nitrogens with zero attached hydrogens (tertiary/aromatic N) is 1. The predicted octanol–water partition coefficient (Wildman–Crippen LogP) is 1.63. The van der Waals surface area contributed by atoms with Gasteiger partial charge < -0.3 is 10.5 Å². The lowest BCUT2D eigenvalue weighted by Gasteiger charge is -2.23. The summed E-state index contributed by atoms with van der Waals surface area (Å²) in [5, 5.41) is 10.7. The molecule has 0 atom stereocenters. The molecule has 0 saturated carbocycles. The first-order valence-corrected chi connectivity index (χ1v) is 4.93. The second-order valence-electron chi connectivity index (χ2n) is 4.15. The number of ether oxygens (including phenoxy) is 1. The minimum Gasteiger partial charge on any atom is -0.468 e. The number of anilines is 1. The molecule has 0 heterocycles. The standard InChI is InChI=1S/C11H14N2O4/c1-11(2,10(14)17-3)8-6-7(13(15)16)4-5-9(8)12/h4-6H,12H2,1-3H3. The molecule has 1 aromatic rings.